The summed E-state index contributed by atoms with van der Waals surface area (Å²) in [7, 11) is 0. The number of fused-ring (bicyclic) bond motifs is 1. The fourth-order valence-electron chi connectivity index (χ4n) is 2.75. The number of nitrogens with zero attached hydrogens (tertiary/aromatic N) is 1. The highest BCUT2D eigenvalue weighted by molar-refractivity contribution is 5.85. The van der Waals surface area contributed by atoms with Gasteiger partial charge in [-0.1, -0.05) is 48.5 Å². The maximum atomic E-state index is 12.1. The molecule has 1 atom stereocenters. The van der Waals surface area contributed by atoms with E-state index in [1.807, 2.05) is 55.5 Å². The van der Waals surface area contributed by atoms with E-state index in [-0.39, 0.29) is 18.6 Å². The van der Waals surface area contributed by atoms with Crippen LogP contribution >= 0.6 is 0 Å². The number of ether oxygens (including phenoxy) is 1. The quantitative estimate of drug-likeness (QED) is 0.716. The van der Waals surface area contributed by atoms with E-state index in [0.29, 0.717) is 5.75 Å². The largest absolute Gasteiger partial charge is 0.481 e. The molecule has 1 N–H and O–H groups in total. The van der Waals surface area contributed by atoms with Gasteiger partial charge in [-0.3, -0.25) is 9.78 Å². The zero-order chi connectivity index (χ0) is 17.5. The molecule has 25 heavy (non-hydrogen) atoms. The fraction of sp³-hybridized carbons (Fsp3) is 0.238. The Morgan fingerprint density at radius 2 is 1.88 bits per heavy atom. The molecule has 0 bridgehead atoms. The number of benzene rings is 2. The summed E-state index contributed by atoms with van der Waals surface area (Å²) in [5.74, 6) is 0.513. The number of rotatable bonds is 7. The molecular formula is C21H22N2O2. The zero-order valence-electron chi connectivity index (χ0n) is 14.3. The number of hydrogen-bond donors (Lipinski definition) is 1. The number of nitrogens with one attached hydrogen (secondary N) is 1. The summed E-state index contributed by atoms with van der Waals surface area (Å²) in [4.78, 5) is 16.4. The summed E-state index contributed by atoms with van der Waals surface area (Å²) < 4.78 is 5.67. The molecule has 4 heteroatoms. The number of carbonyl (C=O) groups is 1. The van der Waals surface area contributed by atoms with Crippen LogP contribution < -0.4 is 10.1 Å². The molecule has 0 saturated heterocycles. The minimum absolute atomic E-state index is 0.00857. The normalized spacial score (nSPS) is 11.9. The zero-order valence-corrected chi connectivity index (χ0v) is 14.3. The second-order valence-corrected chi connectivity index (χ2v) is 6.11. The lowest BCUT2D eigenvalue weighted by Crippen LogP contribution is -2.36. The van der Waals surface area contributed by atoms with E-state index < -0.39 is 0 Å². The van der Waals surface area contributed by atoms with E-state index in [9.17, 15) is 4.79 Å². The Morgan fingerprint density at radius 1 is 1.08 bits per heavy atom. The number of para-hydroxylation sites is 1. The van der Waals surface area contributed by atoms with Crippen molar-refractivity contribution in [2.75, 3.05) is 6.61 Å². The van der Waals surface area contributed by atoms with Gasteiger partial charge in [-0.05, 0) is 37.5 Å². The van der Waals surface area contributed by atoms with Gasteiger partial charge < -0.3 is 10.1 Å². The average Bonchev–Trinajstić information content (AvgIpc) is 2.65. The summed E-state index contributed by atoms with van der Waals surface area (Å²) in [6.45, 7) is 2.01. The van der Waals surface area contributed by atoms with E-state index in [4.69, 9.17) is 4.74 Å². The first-order valence-electron chi connectivity index (χ1n) is 8.52. The summed E-state index contributed by atoms with van der Waals surface area (Å²) in [6, 6.07) is 19.9. The highest BCUT2D eigenvalue weighted by Gasteiger charge is 2.10. The van der Waals surface area contributed by atoms with Crippen LogP contribution in [0.25, 0.3) is 10.9 Å². The maximum absolute atomic E-state index is 12.1. The lowest BCUT2D eigenvalue weighted by Gasteiger charge is -2.14. The predicted molar refractivity (Wildman–Crippen MR) is 99.6 cm³/mol. The second kappa shape index (κ2) is 8.29. The number of aryl methyl sites for hydroxylation is 1. The van der Waals surface area contributed by atoms with E-state index >= 15 is 0 Å². The molecule has 0 saturated carbocycles. The van der Waals surface area contributed by atoms with Gasteiger partial charge in [0.25, 0.3) is 5.91 Å². The summed E-state index contributed by atoms with van der Waals surface area (Å²) in [5, 5.41) is 3.98. The Bertz CT molecular complexity index is 828. The highest BCUT2D eigenvalue weighted by Crippen LogP contribution is 2.22. The lowest BCUT2D eigenvalue weighted by atomic mass is 10.1. The van der Waals surface area contributed by atoms with Crippen molar-refractivity contribution < 1.29 is 9.53 Å². The van der Waals surface area contributed by atoms with Crippen molar-refractivity contribution in [2.24, 2.45) is 0 Å². The van der Waals surface area contributed by atoms with Crippen LogP contribution in [0.1, 0.15) is 18.9 Å². The summed E-state index contributed by atoms with van der Waals surface area (Å²) in [5.41, 5.74) is 2.05. The minimum Gasteiger partial charge on any atom is -0.481 e. The van der Waals surface area contributed by atoms with Gasteiger partial charge in [0.1, 0.15) is 11.3 Å². The van der Waals surface area contributed by atoms with Crippen molar-refractivity contribution in [3.63, 3.8) is 0 Å². The summed E-state index contributed by atoms with van der Waals surface area (Å²) in [6.07, 6.45) is 3.56. The molecule has 4 nitrogen and oxygen atoms in total. The van der Waals surface area contributed by atoms with Crippen molar-refractivity contribution in [3.05, 3.63) is 72.4 Å². The Morgan fingerprint density at radius 3 is 2.72 bits per heavy atom. The smallest absolute Gasteiger partial charge is 0.258 e. The molecule has 0 fully saturated rings. The molecule has 0 aliphatic heterocycles. The fourth-order valence-corrected chi connectivity index (χ4v) is 2.75. The van der Waals surface area contributed by atoms with Crippen molar-refractivity contribution >= 4 is 16.8 Å². The first-order chi connectivity index (χ1) is 12.2. The molecular weight excluding hydrogens is 312 g/mol. The lowest BCUT2D eigenvalue weighted by molar-refractivity contribution is -0.123. The van der Waals surface area contributed by atoms with Crippen molar-refractivity contribution in [3.8, 4) is 5.75 Å². The number of aromatic nitrogens is 1. The number of amides is 1. The van der Waals surface area contributed by atoms with Gasteiger partial charge in [-0.25, -0.2) is 0 Å². The van der Waals surface area contributed by atoms with Crippen LogP contribution in [0.3, 0.4) is 0 Å². The molecule has 0 unspecified atom stereocenters. The van der Waals surface area contributed by atoms with Gasteiger partial charge in [-0.2, -0.15) is 0 Å². The molecule has 0 radical (unpaired) electrons. The van der Waals surface area contributed by atoms with Crippen molar-refractivity contribution in [1.29, 1.82) is 0 Å². The molecule has 1 aromatic heterocycles. The SMILES string of the molecule is C[C@@H](CCc1ccccc1)NC(=O)COc1cccc2cccnc12. The van der Waals surface area contributed by atoms with Gasteiger partial charge >= 0.3 is 0 Å². The molecule has 0 aliphatic carbocycles. The Labute approximate surface area is 147 Å². The molecule has 1 heterocycles. The van der Waals surface area contributed by atoms with E-state index in [1.54, 1.807) is 6.20 Å². The van der Waals surface area contributed by atoms with Crippen molar-refractivity contribution in [2.45, 2.75) is 25.8 Å². The van der Waals surface area contributed by atoms with Crippen LogP contribution in [-0.2, 0) is 11.2 Å². The van der Waals surface area contributed by atoms with Gasteiger partial charge in [0.2, 0.25) is 0 Å². The molecule has 1 amide bonds. The van der Waals surface area contributed by atoms with Crippen LogP contribution in [0, 0.1) is 0 Å². The Balaban J connectivity index is 1.49. The third-order valence-electron chi connectivity index (χ3n) is 4.07. The molecule has 0 spiro atoms. The monoisotopic (exact) mass is 334 g/mol. The molecule has 128 valence electrons. The molecule has 3 aromatic rings. The Hall–Kier alpha value is -2.88. The average molecular weight is 334 g/mol. The van der Waals surface area contributed by atoms with Crippen molar-refractivity contribution in [1.82, 2.24) is 10.3 Å². The van der Waals surface area contributed by atoms with E-state index in [0.717, 1.165) is 23.7 Å². The molecule has 3 rings (SSSR count). The highest BCUT2D eigenvalue weighted by atomic mass is 16.5. The van der Waals surface area contributed by atoms with Gasteiger partial charge in [0, 0.05) is 17.6 Å². The molecule has 2 aromatic carbocycles. The van der Waals surface area contributed by atoms with E-state index in [1.165, 1.54) is 5.56 Å². The Kier molecular flexibility index (Phi) is 5.62. The first-order valence-corrected chi connectivity index (χ1v) is 8.52. The summed E-state index contributed by atoms with van der Waals surface area (Å²) >= 11 is 0. The number of carbonyl (C=O) groups excluding carboxylic acids is 1. The van der Waals surface area contributed by atoms with Crippen LogP contribution in [0.15, 0.2) is 66.9 Å². The van der Waals surface area contributed by atoms with Gasteiger partial charge in [0.15, 0.2) is 6.61 Å². The topological polar surface area (TPSA) is 51.2 Å². The molecule has 0 aliphatic rings. The third-order valence-corrected chi connectivity index (χ3v) is 4.07. The standard InChI is InChI=1S/C21H22N2O2/c1-16(12-13-17-7-3-2-4-8-17)23-20(24)15-25-19-11-5-9-18-10-6-14-22-21(18)19/h2-11,14,16H,12-13,15H2,1H3,(H,23,24)/t16-/m0/s1. The van der Waals surface area contributed by atoms with Gasteiger partial charge in [0.05, 0.1) is 0 Å². The third kappa shape index (κ3) is 4.80. The van der Waals surface area contributed by atoms with Crippen LogP contribution in [0.2, 0.25) is 0 Å². The second-order valence-electron chi connectivity index (χ2n) is 6.11. The predicted octanol–water partition coefficient (Wildman–Crippen LogP) is 3.75. The first kappa shape index (κ1) is 17.0. The van der Waals surface area contributed by atoms with Crippen LogP contribution in [0.4, 0.5) is 0 Å². The van der Waals surface area contributed by atoms with Crippen LogP contribution in [0.5, 0.6) is 5.75 Å². The van der Waals surface area contributed by atoms with Crippen LogP contribution in [-0.4, -0.2) is 23.5 Å². The number of hydrogen-bond acceptors (Lipinski definition) is 3. The number of pyridine rings is 1. The van der Waals surface area contributed by atoms with Gasteiger partial charge in [-0.15, -0.1) is 0 Å². The minimum atomic E-state index is -0.117. The van der Waals surface area contributed by atoms with E-state index in [2.05, 4.69) is 22.4 Å². The maximum Gasteiger partial charge on any atom is 0.258 e.